The largest absolute Gasteiger partial charge is 0.469 e. The summed E-state index contributed by atoms with van der Waals surface area (Å²) in [7, 11) is 1.43. The van der Waals surface area contributed by atoms with Gasteiger partial charge >= 0.3 is 5.97 Å². The van der Waals surface area contributed by atoms with Gasteiger partial charge in [-0.3, -0.25) is 9.69 Å². The van der Waals surface area contributed by atoms with Gasteiger partial charge in [0, 0.05) is 18.6 Å². The lowest BCUT2D eigenvalue weighted by molar-refractivity contribution is -0.153. The first-order valence-electron chi connectivity index (χ1n) is 8.58. The number of piperidine rings is 3. The Hall–Kier alpha value is -2.19. The van der Waals surface area contributed by atoms with E-state index < -0.39 is 11.6 Å². The lowest BCUT2D eigenvalue weighted by atomic mass is 9.71. The highest BCUT2D eigenvalue weighted by Crippen LogP contribution is 2.50. The van der Waals surface area contributed by atoms with Crippen LogP contribution in [0.5, 0.6) is 0 Å². The van der Waals surface area contributed by atoms with E-state index in [1.54, 1.807) is 6.08 Å². The fourth-order valence-corrected chi connectivity index (χ4v) is 4.70. The molecule has 0 saturated carbocycles. The molecule has 0 spiro atoms. The Labute approximate surface area is 145 Å². The molecule has 5 rings (SSSR count). The number of hydrogen-bond acceptors (Lipinski definition) is 3. The number of carbonyl (C=O) groups is 1. The third kappa shape index (κ3) is 2.65. The number of hydrogen-bond donors (Lipinski definition) is 0. The minimum atomic E-state index is -0.662. The Morgan fingerprint density at radius 3 is 2.80 bits per heavy atom. The maximum Gasteiger partial charge on any atom is 0.310 e. The smallest absolute Gasteiger partial charge is 0.310 e. The molecule has 130 valence electrons. The number of methoxy groups -OCH3 is 1. The number of allylic oxidation sites excluding steroid dienone is 1. The fourth-order valence-electron chi connectivity index (χ4n) is 4.70. The van der Waals surface area contributed by atoms with Crippen molar-refractivity contribution >= 4 is 5.97 Å². The molecule has 1 aromatic carbocycles. The third-order valence-electron chi connectivity index (χ3n) is 5.80. The average molecular weight is 343 g/mol. The molecule has 0 amide bonds. The Kier molecular flexibility index (Phi) is 4.09. The standard InChI is InChI=1S/C20H19F2NO2/c1-25-20(24)19-15-10-13-8-9-18(19)23(13)11-12(15)4-2-5-14-16(21)6-3-7-17(14)22/h3-4,6-7,13,15,18-19H,8-11H2,1H3/b12-4+/t13-,15?,18+,19?/m1/s1. The second kappa shape index (κ2) is 6.27. The predicted molar refractivity (Wildman–Crippen MR) is 88.4 cm³/mol. The van der Waals surface area contributed by atoms with Crippen LogP contribution < -0.4 is 0 Å². The zero-order valence-electron chi connectivity index (χ0n) is 14.0. The SMILES string of the molecule is COC(=O)C1C2C[C@H]3CC[C@@H]1N3C/C2=C\C#Cc1c(F)cccc1F. The summed E-state index contributed by atoms with van der Waals surface area (Å²) in [5.74, 6) is 3.84. The summed E-state index contributed by atoms with van der Waals surface area (Å²) in [4.78, 5) is 14.6. The van der Waals surface area contributed by atoms with Crippen LogP contribution in [0.4, 0.5) is 8.78 Å². The molecular weight excluding hydrogens is 324 g/mol. The van der Waals surface area contributed by atoms with E-state index in [1.807, 2.05) is 0 Å². The molecule has 5 heteroatoms. The van der Waals surface area contributed by atoms with E-state index >= 15 is 0 Å². The number of rotatable bonds is 1. The molecule has 0 aromatic heterocycles. The third-order valence-corrected chi connectivity index (χ3v) is 5.80. The molecule has 4 aliphatic heterocycles. The van der Waals surface area contributed by atoms with Crippen LogP contribution in [0.1, 0.15) is 24.8 Å². The van der Waals surface area contributed by atoms with E-state index in [1.165, 1.54) is 25.3 Å². The molecule has 4 heterocycles. The van der Waals surface area contributed by atoms with Gasteiger partial charge in [0.2, 0.25) is 0 Å². The molecule has 4 fully saturated rings. The number of nitrogens with zero attached hydrogens (tertiary/aromatic N) is 1. The molecule has 4 aliphatic rings. The van der Waals surface area contributed by atoms with E-state index in [4.69, 9.17) is 4.74 Å². The van der Waals surface area contributed by atoms with Crippen LogP contribution in [0.25, 0.3) is 0 Å². The first-order chi connectivity index (χ1) is 12.1. The zero-order valence-corrected chi connectivity index (χ0v) is 14.0. The maximum atomic E-state index is 13.7. The van der Waals surface area contributed by atoms with Gasteiger partial charge in [-0.15, -0.1) is 0 Å². The highest BCUT2D eigenvalue weighted by atomic mass is 19.1. The van der Waals surface area contributed by atoms with Crippen LogP contribution in [0.15, 0.2) is 29.8 Å². The van der Waals surface area contributed by atoms with Gasteiger partial charge in [-0.05, 0) is 49.0 Å². The number of ether oxygens (including phenoxy) is 1. The highest BCUT2D eigenvalue weighted by Gasteiger charge is 2.55. The van der Waals surface area contributed by atoms with Crippen molar-refractivity contribution in [3.8, 4) is 11.8 Å². The molecule has 3 nitrogen and oxygen atoms in total. The maximum absolute atomic E-state index is 13.7. The normalized spacial score (nSPS) is 33.9. The van der Waals surface area contributed by atoms with Crippen LogP contribution in [0, 0.1) is 35.3 Å². The topological polar surface area (TPSA) is 29.5 Å². The molecule has 0 N–H and O–H groups in total. The van der Waals surface area contributed by atoms with Crippen LogP contribution in [-0.4, -0.2) is 36.6 Å². The van der Waals surface area contributed by atoms with Gasteiger partial charge in [0.1, 0.15) is 11.6 Å². The Morgan fingerprint density at radius 2 is 2.08 bits per heavy atom. The molecule has 25 heavy (non-hydrogen) atoms. The highest BCUT2D eigenvalue weighted by molar-refractivity contribution is 5.75. The fraction of sp³-hybridized carbons (Fsp3) is 0.450. The van der Waals surface area contributed by atoms with Crippen molar-refractivity contribution in [1.82, 2.24) is 4.90 Å². The van der Waals surface area contributed by atoms with Crippen molar-refractivity contribution in [2.75, 3.05) is 13.7 Å². The van der Waals surface area contributed by atoms with E-state index in [-0.39, 0.29) is 29.4 Å². The minimum absolute atomic E-state index is 0.120. The molecule has 4 bridgehead atoms. The van der Waals surface area contributed by atoms with Crippen molar-refractivity contribution in [3.63, 3.8) is 0 Å². The van der Waals surface area contributed by atoms with E-state index in [0.717, 1.165) is 31.4 Å². The molecule has 5 atom stereocenters. The lowest BCUT2D eigenvalue weighted by Gasteiger charge is -2.50. The van der Waals surface area contributed by atoms with E-state index in [0.29, 0.717) is 6.04 Å². The van der Waals surface area contributed by atoms with E-state index in [2.05, 4.69) is 16.7 Å². The summed E-state index contributed by atoms with van der Waals surface area (Å²) in [5, 5.41) is 0. The van der Waals surface area contributed by atoms with Crippen LogP contribution in [-0.2, 0) is 9.53 Å². The van der Waals surface area contributed by atoms with Crippen molar-refractivity contribution in [2.24, 2.45) is 11.8 Å². The molecular formula is C20H19F2NO2. The Balaban J connectivity index is 1.63. The minimum Gasteiger partial charge on any atom is -0.469 e. The van der Waals surface area contributed by atoms with Crippen molar-refractivity contribution in [1.29, 1.82) is 0 Å². The molecule has 4 saturated heterocycles. The second-order valence-corrected chi connectivity index (χ2v) is 6.95. The van der Waals surface area contributed by atoms with Gasteiger partial charge in [0.25, 0.3) is 0 Å². The van der Waals surface area contributed by atoms with Gasteiger partial charge in [-0.2, -0.15) is 0 Å². The van der Waals surface area contributed by atoms with Crippen LogP contribution >= 0.6 is 0 Å². The molecule has 3 unspecified atom stereocenters. The number of carbonyl (C=O) groups excluding carboxylic acids is 1. The van der Waals surface area contributed by atoms with Gasteiger partial charge < -0.3 is 4.74 Å². The molecule has 0 radical (unpaired) electrons. The predicted octanol–water partition coefficient (Wildman–Crippen LogP) is 2.90. The van der Waals surface area contributed by atoms with Crippen LogP contribution in [0.2, 0.25) is 0 Å². The van der Waals surface area contributed by atoms with Crippen molar-refractivity contribution in [3.05, 3.63) is 47.0 Å². The van der Waals surface area contributed by atoms with Gasteiger partial charge in [-0.25, -0.2) is 8.78 Å². The van der Waals surface area contributed by atoms with Gasteiger partial charge in [0.15, 0.2) is 0 Å². The summed E-state index contributed by atoms with van der Waals surface area (Å²) >= 11 is 0. The number of esters is 1. The van der Waals surface area contributed by atoms with Crippen LogP contribution in [0.3, 0.4) is 0 Å². The summed E-state index contributed by atoms with van der Waals surface area (Å²) < 4.78 is 32.3. The number of halogens is 2. The Morgan fingerprint density at radius 1 is 1.32 bits per heavy atom. The van der Waals surface area contributed by atoms with Crippen molar-refractivity contribution < 1.29 is 18.3 Å². The molecule has 0 aliphatic carbocycles. The molecule has 1 aromatic rings. The number of benzene rings is 1. The Bertz CT molecular complexity index is 787. The average Bonchev–Trinajstić information content (AvgIpc) is 2.92. The first kappa shape index (κ1) is 16.3. The quantitative estimate of drug-likeness (QED) is 0.580. The lowest BCUT2D eigenvalue weighted by Crippen LogP contribution is -2.58. The summed E-state index contributed by atoms with van der Waals surface area (Å²) in [6, 6.07) is 4.49. The van der Waals surface area contributed by atoms with Crippen molar-refractivity contribution in [2.45, 2.75) is 31.3 Å². The monoisotopic (exact) mass is 343 g/mol. The van der Waals surface area contributed by atoms with Gasteiger partial charge in [-0.1, -0.05) is 17.9 Å². The van der Waals surface area contributed by atoms with Gasteiger partial charge in [0.05, 0.1) is 18.6 Å². The number of fused-ring (bicyclic) bond motifs is 1. The summed E-state index contributed by atoms with van der Waals surface area (Å²) in [5.41, 5.74) is 0.847. The summed E-state index contributed by atoms with van der Waals surface area (Å²) in [6.45, 7) is 0.780. The summed E-state index contributed by atoms with van der Waals surface area (Å²) in [6.07, 6.45) is 4.81. The second-order valence-electron chi connectivity index (χ2n) is 6.95. The zero-order chi connectivity index (χ0) is 17.6. The first-order valence-corrected chi connectivity index (χ1v) is 8.58. The van der Waals surface area contributed by atoms with E-state index in [9.17, 15) is 13.6 Å².